The summed E-state index contributed by atoms with van der Waals surface area (Å²) in [7, 11) is 0. The fourth-order valence-electron chi connectivity index (χ4n) is 1.31. The Labute approximate surface area is 102 Å². The van der Waals surface area contributed by atoms with E-state index in [0.717, 1.165) is 6.07 Å². The molecule has 0 unspecified atom stereocenters. The van der Waals surface area contributed by atoms with Crippen molar-refractivity contribution in [1.82, 2.24) is 0 Å². The van der Waals surface area contributed by atoms with Crippen molar-refractivity contribution in [1.29, 1.82) is 0 Å². The van der Waals surface area contributed by atoms with Crippen molar-refractivity contribution in [2.45, 2.75) is 19.1 Å². The Morgan fingerprint density at radius 3 is 2.50 bits per heavy atom. The molecule has 0 saturated carbocycles. The molecule has 100 valence electrons. The average Bonchev–Trinajstić information content (AvgIpc) is 2.27. The fraction of sp³-hybridized carbons (Fsp3) is 0.364. The summed E-state index contributed by atoms with van der Waals surface area (Å²) in [5, 5.41) is 0. The van der Waals surface area contributed by atoms with Crippen LogP contribution in [0, 0.1) is 0 Å². The summed E-state index contributed by atoms with van der Waals surface area (Å²) in [4.78, 5) is 10.5. The van der Waals surface area contributed by atoms with Crippen LogP contribution in [0.5, 0.6) is 5.75 Å². The smallest absolute Gasteiger partial charge is 0.419 e. The second-order valence-corrected chi connectivity index (χ2v) is 3.60. The molecular weight excluding hydrogens is 249 g/mol. The lowest BCUT2D eigenvalue weighted by Gasteiger charge is -2.14. The van der Waals surface area contributed by atoms with Crippen LogP contribution in [0.2, 0.25) is 0 Å². The highest BCUT2D eigenvalue weighted by Gasteiger charge is 2.34. The normalized spacial score (nSPS) is 11.3. The second kappa shape index (κ2) is 5.72. The minimum atomic E-state index is -4.53. The van der Waals surface area contributed by atoms with Crippen LogP contribution < -0.4 is 16.2 Å². The highest BCUT2D eigenvalue weighted by atomic mass is 19.4. The zero-order valence-electron chi connectivity index (χ0n) is 9.46. The van der Waals surface area contributed by atoms with Crippen molar-refractivity contribution >= 4 is 5.91 Å². The first-order valence-corrected chi connectivity index (χ1v) is 5.16. The highest BCUT2D eigenvalue weighted by molar-refractivity contribution is 5.73. The number of hydrogen-bond donors (Lipinski definition) is 2. The predicted octanol–water partition coefficient (Wildman–Crippen LogP) is 1.42. The van der Waals surface area contributed by atoms with Gasteiger partial charge in [0, 0.05) is 6.54 Å². The van der Waals surface area contributed by atoms with E-state index >= 15 is 0 Å². The van der Waals surface area contributed by atoms with E-state index in [1.54, 1.807) is 0 Å². The summed E-state index contributed by atoms with van der Waals surface area (Å²) in [5.41, 5.74) is 9.59. The van der Waals surface area contributed by atoms with E-state index in [1.807, 2.05) is 0 Å². The molecule has 0 spiro atoms. The maximum Gasteiger partial charge on any atom is 0.419 e. The molecule has 18 heavy (non-hydrogen) atoms. The molecule has 1 aromatic carbocycles. The summed E-state index contributed by atoms with van der Waals surface area (Å²) >= 11 is 0. The third-order valence-electron chi connectivity index (χ3n) is 2.19. The number of rotatable bonds is 5. The number of primary amides is 1. The number of halogens is 3. The van der Waals surface area contributed by atoms with Gasteiger partial charge in [0.15, 0.2) is 0 Å². The third kappa shape index (κ3) is 3.92. The van der Waals surface area contributed by atoms with Crippen molar-refractivity contribution in [3.05, 3.63) is 29.3 Å². The Bertz CT molecular complexity index is 433. The number of ether oxygens (including phenoxy) is 1. The van der Waals surface area contributed by atoms with Crippen LogP contribution >= 0.6 is 0 Å². The van der Waals surface area contributed by atoms with Gasteiger partial charge in [-0.3, -0.25) is 4.79 Å². The summed E-state index contributed by atoms with van der Waals surface area (Å²) in [6, 6.07) is 3.56. The standard InChI is InChI=1S/C11H13F3N2O2/c12-11(13,14)8-5-7(6-15)1-2-9(8)18-4-3-10(16)17/h1-2,5H,3-4,6,15H2,(H2,16,17). The molecule has 1 amide bonds. The van der Waals surface area contributed by atoms with Gasteiger partial charge in [-0.1, -0.05) is 6.07 Å². The van der Waals surface area contributed by atoms with Crippen LogP contribution in [0.1, 0.15) is 17.5 Å². The number of amides is 1. The van der Waals surface area contributed by atoms with Crippen LogP contribution in [0.25, 0.3) is 0 Å². The Morgan fingerprint density at radius 2 is 2.00 bits per heavy atom. The molecule has 0 heterocycles. The maximum absolute atomic E-state index is 12.7. The van der Waals surface area contributed by atoms with Gasteiger partial charge in [0.25, 0.3) is 0 Å². The van der Waals surface area contributed by atoms with Gasteiger partial charge >= 0.3 is 6.18 Å². The summed E-state index contributed by atoms with van der Waals surface area (Å²) in [6.45, 7) is -0.189. The topological polar surface area (TPSA) is 78.3 Å². The van der Waals surface area contributed by atoms with E-state index in [4.69, 9.17) is 16.2 Å². The molecule has 0 bridgehead atoms. The van der Waals surface area contributed by atoms with Crippen molar-refractivity contribution in [3.63, 3.8) is 0 Å². The first-order valence-electron chi connectivity index (χ1n) is 5.16. The Hall–Kier alpha value is -1.76. The SMILES string of the molecule is NCc1ccc(OCCC(N)=O)c(C(F)(F)F)c1. The molecule has 0 saturated heterocycles. The van der Waals surface area contributed by atoms with Gasteiger partial charge < -0.3 is 16.2 Å². The molecule has 0 radical (unpaired) electrons. The zero-order valence-corrected chi connectivity index (χ0v) is 9.46. The first kappa shape index (κ1) is 14.3. The summed E-state index contributed by atoms with van der Waals surface area (Å²) < 4.78 is 43.1. The number of carbonyl (C=O) groups is 1. The number of carbonyl (C=O) groups excluding carboxylic acids is 1. The molecule has 4 nitrogen and oxygen atoms in total. The molecule has 0 fully saturated rings. The van der Waals surface area contributed by atoms with Crippen molar-refractivity contribution in [2.24, 2.45) is 11.5 Å². The number of hydrogen-bond acceptors (Lipinski definition) is 3. The lowest BCUT2D eigenvalue weighted by Crippen LogP contribution is -2.16. The van der Waals surface area contributed by atoms with E-state index in [2.05, 4.69) is 0 Å². The Morgan fingerprint density at radius 1 is 1.33 bits per heavy atom. The third-order valence-corrected chi connectivity index (χ3v) is 2.19. The van der Waals surface area contributed by atoms with Gasteiger partial charge in [0.2, 0.25) is 5.91 Å². The number of benzene rings is 1. The predicted molar refractivity (Wildman–Crippen MR) is 58.6 cm³/mol. The lowest BCUT2D eigenvalue weighted by atomic mass is 10.1. The molecule has 1 rings (SSSR count). The van der Waals surface area contributed by atoms with E-state index in [1.165, 1.54) is 12.1 Å². The van der Waals surface area contributed by atoms with Crippen molar-refractivity contribution in [2.75, 3.05) is 6.61 Å². The van der Waals surface area contributed by atoms with Crippen molar-refractivity contribution < 1.29 is 22.7 Å². The van der Waals surface area contributed by atoms with Gasteiger partial charge in [-0.05, 0) is 17.7 Å². The summed E-state index contributed by atoms with van der Waals surface area (Å²) in [6.07, 6.45) is -4.68. The number of alkyl halides is 3. The minimum absolute atomic E-state index is 0.00461. The Balaban J connectivity index is 2.92. The van der Waals surface area contributed by atoms with Gasteiger partial charge in [0.05, 0.1) is 18.6 Å². The van der Waals surface area contributed by atoms with Crippen LogP contribution in [-0.2, 0) is 17.5 Å². The zero-order chi connectivity index (χ0) is 13.8. The van der Waals surface area contributed by atoms with E-state index in [0.29, 0.717) is 5.56 Å². The fourth-order valence-corrected chi connectivity index (χ4v) is 1.31. The second-order valence-electron chi connectivity index (χ2n) is 3.60. The van der Waals surface area contributed by atoms with Crippen LogP contribution in [0.4, 0.5) is 13.2 Å². The van der Waals surface area contributed by atoms with Crippen LogP contribution in [0.15, 0.2) is 18.2 Å². The van der Waals surface area contributed by atoms with Crippen molar-refractivity contribution in [3.8, 4) is 5.75 Å². The van der Waals surface area contributed by atoms with E-state index < -0.39 is 17.6 Å². The van der Waals surface area contributed by atoms with E-state index in [9.17, 15) is 18.0 Å². The first-order chi connectivity index (χ1) is 8.34. The van der Waals surface area contributed by atoms with Gasteiger partial charge in [0.1, 0.15) is 5.75 Å². The quantitative estimate of drug-likeness (QED) is 0.842. The molecule has 0 aromatic heterocycles. The molecule has 7 heteroatoms. The maximum atomic E-state index is 12.7. The van der Waals surface area contributed by atoms with Gasteiger partial charge in [-0.25, -0.2) is 0 Å². The molecule has 0 aliphatic heterocycles. The van der Waals surface area contributed by atoms with Gasteiger partial charge in [-0.2, -0.15) is 13.2 Å². The molecule has 0 aliphatic carbocycles. The molecular formula is C11H13F3N2O2. The lowest BCUT2D eigenvalue weighted by molar-refractivity contribution is -0.139. The number of nitrogens with two attached hydrogens (primary N) is 2. The average molecular weight is 262 g/mol. The van der Waals surface area contributed by atoms with Crippen LogP contribution in [0.3, 0.4) is 0 Å². The monoisotopic (exact) mass is 262 g/mol. The molecule has 1 aromatic rings. The molecule has 0 aliphatic rings. The summed E-state index contributed by atoms with van der Waals surface area (Å²) in [5.74, 6) is -0.969. The minimum Gasteiger partial charge on any atom is -0.492 e. The molecule has 4 N–H and O–H groups in total. The highest BCUT2D eigenvalue weighted by Crippen LogP contribution is 2.36. The van der Waals surface area contributed by atoms with Crippen LogP contribution in [-0.4, -0.2) is 12.5 Å². The van der Waals surface area contributed by atoms with Gasteiger partial charge in [-0.15, -0.1) is 0 Å². The Kier molecular flexibility index (Phi) is 4.55. The van der Waals surface area contributed by atoms with E-state index in [-0.39, 0.29) is 25.3 Å². The molecule has 0 atom stereocenters. The largest absolute Gasteiger partial charge is 0.492 e.